The summed E-state index contributed by atoms with van der Waals surface area (Å²) in [7, 11) is 0. The fraction of sp³-hybridized carbons (Fsp3) is 0.409. The zero-order chi connectivity index (χ0) is 18.5. The molecule has 2 aromatic rings. The second-order valence-electron chi connectivity index (χ2n) is 7.18. The van der Waals surface area contributed by atoms with Crippen LogP contribution in [-0.4, -0.2) is 49.4 Å². The number of nitrogens with zero attached hydrogens (tertiary/aromatic N) is 2. The average Bonchev–Trinajstić information content (AvgIpc) is 3.17. The number of piperidine rings is 1. The summed E-state index contributed by atoms with van der Waals surface area (Å²) in [5.74, 6) is -0.280. The zero-order valence-electron chi connectivity index (χ0n) is 15.5. The van der Waals surface area contributed by atoms with Gasteiger partial charge in [-0.1, -0.05) is 48.5 Å². The highest BCUT2D eigenvalue weighted by molar-refractivity contribution is 5.94. The van der Waals surface area contributed by atoms with Crippen LogP contribution in [0.15, 0.2) is 60.7 Å². The number of hydrogen-bond acceptors (Lipinski definition) is 4. The van der Waals surface area contributed by atoms with Gasteiger partial charge in [0.2, 0.25) is 5.91 Å². The van der Waals surface area contributed by atoms with Gasteiger partial charge in [-0.05, 0) is 17.7 Å². The number of rotatable bonds is 5. The third kappa shape index (κ3) is 4.38. The van der Waals surface area contributed by atoms with Crippen molar-refractivity contribution in [2.24, 2.45) is 0 Å². The molecular formula is C22H26N2O3. The minimum Gasteiger partial charge on any atom is -0.347 e. The molecule has 0 atom stereocenters. The molecule has 5 heteroatoms. The Balaban J connectivity index is 1.43. The van der Waals surface area contributed by atoms with E-state index in [0.717, 1.165) is 37.2 Å². The van der Waals surface area contributed by atoms with Gasteiger partial charge in [0.15, 0.2) is 5.79 Å². The monoisotopic (exact) mass is 366 g/mol. The van der Waals surface area contributed by atoms with Crippen LogP contribution in [0.3, 0.4) is 0 Å². The smallest absolute Gasteiger partial charge is 0.241 e. The van der Waals surface area contributed by atoms with Gasteiger partial charge in [0.25, 0.3) is 0 Å². The van der Waals surface area contributed by atoms with E-state index in [1.807, 2.05) is 53.4 Å². The molecule has 0 unspecified atom stereocenters. The number of amides is 1. The molecule has 0 saturated carbocycles. The van der Waals surface area contributed by atoms with E-state index in [-0.39, 0.29) is 5.91 Å². The van der Waals surface area contributed by atoms with Crippen LogP contribution in [0.4, 0.5) is 5.69 Å². The van der Waals surface area contributed by atoms with Crippen LogP contribution < -0.4 is 4.90 Å². The molecule has 27 heavy (non-hydrogen) atoms. The Morgan fingerprint density at radius 2 is 1.52 bits per heavy atom. The van der Waals surface area contributed by atoms with Crippen molar-refractivity contribution in [2.45, 2.75) is 25.2 Å². The largest absolute Gasteiger partial charge is 0.347 e. The lowest BCUT2D eigenvalue weighted by Crippen LogP contribution is -2.48. The molecule has 2 aliphatic rings. The molecule has 142 valence electrons. The highest BCUT2D eigenvalue weighted by Crippen LogP contribution is 2.31. The maximum Gasteiger partial charge on any atom is 0.241 e. The van der Waals surface area contributed by atoms with E-state index in [2.05, 4.69) is 17.0 Å². The molecule has 0 aliphatic carbocycles. The van der Waals surface area contributed by atoms with Crippen LogP contribution in [0.1, 0.15) is 18.4 Å². The van der Waals surface area contributed by atoms with Gasteiger partial charge in [-0.15, -0.1) is 0 Å². The maximum atomic E-state index is 13.2. The van der Waals surface area contributed by atoms with Crippen LogP contribution >= 0.6 is 0 Å². The van der Waals surface area contributed by atoms with Gasteiger partial charge >= 0.3 is 0 Å². The Bertz CT molecular complexity index is 735. The molecule has 2 aliphatic heterocycles. The molecule has 0 aromatic heterocycles. The number of ether oxygens (including phenoxy) is 2. The summed E-state index contributed by atoms with van der Waals surface area (Å²) in [4.78, 5) is 17.2. The highest BCUT2D eigenvalue weighted by Gasteiger charge is 2.40. The zero-order valence-corrected chi connectivity index (χ0v) is 15.5. The van der Waals surface area contributed by atoms with Gasteiger partial charge in [-0.2, -0.15) is 0 Å². The first kappa shape index (κ1) is 18.2. The van der Waals surface area contributed by atoms with E-state index in [0.29, 0.717) is 26.3 Å². The van der Waals surface area contributed by atoms with E-state index < -0.39 is 5.79 Å². The van der Waals surface area contributed by atoms with Gasteiger partial charge in [0.1, 0.15) is 0 Å². The number of benzene rings is 2. The van der Waals surface area contributed by atoms with E-state index in [1.54, 1.807) is 0 Å². The second kappa shape index (κ2) is 8.21. The van der Waals surface area contributed by atoms with Crippen LogP contribution in [0.2, 0.25) is 0 Å². The highest BCUT2D eigenvalue weighted by atomic mass is 16.7. The normalized spacial score (nSPS) is 19.3. The Morgan fingerprint density at radius 3 is 2.15 bits per heavy atom. The van der Waals surface area contributed by atoms with Crippen molar-refractivity contribution in [2.75, 3.05) is 37.7 Å². The van der Waals surface area contributed by atoms with Crippen molar-refractivity contribution in [1.29, 1.82) is 0 Å². The number of hydrogen-bond donors (Lipinski definition) is 0. The van der Waals surface area contributed by atoms with Crippen LogP contribution in [0, 0.1) is 0 Å². The predicted molar refractivity (Wildman–Crippen MR) is 104 cm³/mol. The standard InChI is InChI=1S/C22H26N2O3/c25-21(18-23-13-11-22(12-14-23)26-15-16-27-22)24(20-9-5-2-6-10-20)17-19-7-3-1-4-8-19/h1-10H,11-18H2. The van der Waals surface area contributed by atoms with Gasteiger partial charge in [0, 0.05) is 31.6 Å². The number of carbonyl (C=O) groups excluding carboxylic acids is 1. The Hall–Kier alpha value is -2.21. The number of likely N-dealkylation sites (tertiary alicyclic amines) is 1. The second-order valence-corrected chi connectivity index (χ2v) is 7.18. The quantitative estimate of drug-likeness (QED) is 0.816. The van der Waals surface area contributed by atoms with Crippen molar-refractivity contribution in [1.82, 2.24) is 4.90 Å². The van der Waals surface area contributed by atoms with Crippen LogP contribution in [0.25, 0.3) is 0 Å². The van der Waals surface area contributed by atoms with Crippen molar-refractivity contribution >= 4 is 11.6 Å². The molecule has 4 rings (SSSR count). The van der Waals surface area contributed by atoms with Crippen molar-refractivity contribution in [3.05, 3.63) is 66.2 Å². The average molecular weight is 366 g/mol. The first-order valence-corrected chi connectivity index (χ1v) is 9.64. The topological polar surface area (TPSA) is 42.0 Å². The lowest BCUT2D eigenvalue weighted by Gasteiger charge is -2.38. The number of para-hydroxylation sites is 1. The molecule has 0 N–H and O–H groups in total. The third-order valence-electron chi connectivity index (χ3n) is 5.34. The third-order valence-corrected chi connectivity index (χ3v) is 5.34. The minimum absolute atomic E-state index is 0.120. The maximum absolute atomic E-state index is 13.2. The Morgan fingerprint density at radius 1 is 0.926 bits per heavy atom. The van der Waals surface area contributed by atoms with Gasteiger partial charge in [0.05, 0.1) is 26.3 Å². The molecule has 1 amide bonds. The van der Waals surface area contributed by atoms with E-state index in [9.17, 15) is 4.79 Å². The SMILES string of the molecule is O=C(CN1CCC2(CC1)OCCO2)N(Cc1ccccc1)c1ccccc1. The van der Waals surface area contributed by atoms with E-state index in [4.69, 9.17) is 9.47 Å². The van der Waals surface area contributed by atoms with Crippen molar-refractivity contribution in [3.8, 4) is 0 Å². The molecule has 1 spiro atoms. The van der Waals surface area contributed by atoms with Gasteiger partial charge in [-0.3, -0.25) is 9.69 Å². The lowest BCUT2D eigenvalue weighted by atomic mass is 10.0. The van der Waals surface area contributed by atoms with E-state index >= 15 is 0 Å². The molecule has 0 radical (unpaired) electrons. The lowest BCUT2D eigenvalue weighted by molar-refractivity contribution is -0.185. The molecule has 2 fully saturated rings. The Labute approximate surface area is 160 Å². The summed E-state index contributed by atoms with van der Waals surface area (Å²) in [5, 5.41) is 0. The first-order chi connectivity index (χ1) is 13.2. The fourth-order valence-corrected chi connectivity index (χ4v) is 3.81. The van der Waals surface area contributed by atoms with E-state index in [1.165, 1.54) is 0 Å². The van der Waals surface area contributed by atoms with Crippen molar-refractivity contribution in [3.63, 3.8) is 0 Å². The fourth-order valence-electron chi connectivity index (χ4n) is 3.81. The van der Waals surface area contributed by atoms with Crippen molar-refractivity contribution < 1.29 is 14.3 Å². The molecular weight excluding hydrogens is 340 g/mol. The molecule has 0 bridgehead atoms. The summed E-state index contributed by atoms with van der Waals surface area (Å²) >= 11 is 0. The minimum atomic E-state index is -0.400. The summed E-state index contributed by atoms with van der Waals surface area (Å²) in [5.41, 5.74) is 2.06. The number of anilines is 1. The molecule has 2 saturated heterocycles. The first-order valence-electron chi connectivity index (χ1n) is 9.64. The molecule has 2 aromatic carbocycles. The van der Waals surface area contributed by atoms with Crippen LogP contribution in [-0.2, 0) is 20.8 Å². The summed E-state index contributed by atoms with van der Waals surface area (Å²) in [6.07, 6.45) is 1.65. The molecule has 2 heterocycles. The van der Waals surface area contributed by atoms with Gasteiger partial charge < -0.3 is 14.4 Å². The predicted octanol–water partition coefficient (Wildman–Crippen LogP) is 3.06. The molecule has 5 nitrogen and oxygen atoms in total. The Kier molecular flexibility index (Phi) is 5.53. The number of carbonyl (C=O) groups is 1. The van der Waals surface area contributed by atoms with Crippen LogP contribution in [0.5, 0.6) is 0 Å². The summed E-state index contributed by atoms with van der Waals surface area (Å²) in [6, 6.07) is 20.0. The summed E-state index contributed by atoms with van der Waals surface area (Å²) < 4.78 is 11.6. The summed E-state index contributed by atoms with van der Waals surface area (Å²) in [6.45, 7) is 3.99. The van der Waals surface area contributed by atoms with Gasteiger partial charge in [-0.25, -0.2) is 0 Å².